The molecule has 17 heavy (non-hydrogen) atoms. The Kier molecular flexibility index (Phi) is 3.56. The molecule has 1 aromatic rings. The van der Waals surface area contributed by atoms with E-state index in [4.69, 9.17) is 5.11 Å². The lowest BCUT2D eigenvalue weighted by atomic mass is 10.1. The predicted octanol–water partition coefficient (Wildman–Crippen LogP) is 1.63. The molecule has 0 spiro atoms. The molecule has 0 aromatic carbocycles. The van der Waals surface area contributed by atoms with Gasteiger partial charge in [-0.3, -0.25) is 4.79 Å². The zero-order valence-corrected chi connectivity index (χ0v) is 9.94. The fourth-order valence-corrected chi connectivity index (χ4v) is 2.13. The number of aliphatic carboxylic acids is 1. The standard InChI is InChI=1S/C12H17N3O2/c1-8(5-6-11(16)17)15-12-9-3-2-4-10(9)13-7-14-12/h7-8H,2-6H2,1H3,(H,16,17)(H,13,14,15). The fraction of sp³-hybridized carbons (Fsp3) is 0.583. The summed E-state index contributed by atoms with van der Waals surface area (Å²) in [5.41, 5.74) is 2.34. The number of rotatable bonds is 5. The van der Waals surface area contributed by atoms with Gasteiger partial charge in [0.15, 0.2) is 0 Å². The van der Waals surface area contributed by atoms with Gasteiger partial charge in [0.05, 0.1) is 0 Å². The van der Waals surface area contributed by atoms with Gasteiger partial charge in [0.1, 0.15) is 12.1 Å². The molecule has 0 radical (unpaired) electrons. The molecule has 1 aliphatic rings. The molecule has 1 heterocycles. The smallest absolute Gasteiger partial charge is 0.303 e. The normalized spacial score (nSPS) is 15.4. The van der Waals surface area contributed by atoms with Gasteiger partial charge in [0, 0.05) is 23.7 Å². The summed E-state index contributed by atoms with van der Waals surface area (Å²) in [6.45, 7) is 1.98. The summed E-state index contributed by atoms with van der Waals surface area (Å²) in [7, 11) is 0. The number of hydrogen-bond donors (Lipinski definition) is 2. The van der Waals surface area contributed by atoms with E-state index < -0.39 is 5.97 Å². The van der Waals surface area contributed by atoms with Crippen LogP contribution in [0, 0.1) is 0 Å². The molecule has 92 valence electrons. The molecule has 2 rings (SSSR count). The second-order valence-corrected chi connectivity index (χ2v) is 4.48. The second kappa shape index (κ2) is 5.12. The Morgan fingerprint density at radius 2 is 2.35 bits per heavy atom. The summed E-state index contributed by atoms with van der Waals surface area (Å²) in [5.74, 6) is 0.122. The molecule has 0 saturated carbocycles. The molecule has 1 unspecified atom stereocenters. The van der Waals surface area contributed by atoms with Crippen LogP contribution in [0.4, 0.5) is 5.82 Å². The zero-order valence-electron chi connectivity index (χ0n) is 9.94. The van der Waals surface area contributed by atoms with Crippen molar-refractivity contribution in [3.05, 3.63) is 17.6 Å². The van der Waals surface area contributed by atoms with Crippen molar-refractivity contribution in [2.75, 3.05) is 5.32 Å². The van der Waals surface area contributed by atoms with Crippen LogP contribution >= 0.6 is 0 Å². The van der Waals surface area contributed by atoms with Crippen LogP contribution < -0.4 is 5.32 Å². The van der Waals surface area contributed by atoms with Crippen LogP contribution in [0.15, 0.2) is 6.33 Å². The summed E-state index contributed by atoms with van der Waals surface area (Å²) in [5, 5.41) is 11.9. The second-order valence-electron chi connectivity index (χ2n) is 4.48. The first-order valence-corrected chi connectivity index (χ1v) is 5.98. The molecule has 0 fully saturated rings. The first-order valence-electron chi connectivity index (χ1n) is 5.98. The van der Waals surface area contributed by atoms with E-state index in [9.17, 15) is 4.79 Å². The highest BCUT2D eigenvalue weighted by Crippen LogP contribution is 2.25. The van der Waals surface area contributed by atoms with Gasteiger partial charge in [-0.25, -0.2) is 9.97 Å². The Bertz CT molecular complexity index is 420. The van der Waals surface area contributed by atoms with E-state index in [1.165, 1.54) is 5.56 Å². The van der Waals surface area contributed by atoms with Gasteiger partial charge < -0.3 is 10.4 Å². The molecule has 0 bridgehead atoms. The van der Waals surface area contributed by atoms with Crippen LogP contribution in [-0.4, -0.2) is 27.1 Å². The number of aromatic nitrogens is 2. The maximum atomic E-state index is 10.5. The highest BCUT2D eigenvalue weighted by atomic mass is 16.4. The van der Waals surface area contributed by atoms with E-state index in [2.05, 4.69) is 15.3 Å². The minimum absolute atomic E-state index is 0.116. The first-order chi connectivity index (χ1) is 8.16. The molecule has 0 aliphatic heterocycles. The van der Waals surface area contributed by atoms with E-state index in [1.807, 2.05) is 6.92 Å². The number of carboxylic acids is 1. The third kappa shape index (κ3) is 2.93. The van der Waals surface area contributed by atoms with Gasteiger partial charge in [-0.05, 0) is 32.6 Å². The molecule has 5 nitrogen and oxygen atoms in total. The van der Waals surface area contributed by atoms with Crippen LogP contribution in [0.25, 0.3) is 0 Å². The van der Waals surface area contributed by atoms with Crippen LogP contribution in [0.3, 0.4) is 0 Å². The minimum Gasteiger partial charge on any atom is -0.481 e. The van der Waals surface area contributed by atoms with Crippen LogP contribution in [-0.2, 0) is 17.6 Å². The van der Waals surface area contributed by atoms with Crippen LogP contribution in [0.1, 0.15) is 37.4 Å². The molecule has 1 aromatic heterocycles. The maximum absolute atomic E-state index is 10.5. The minimum atomic E-state index is -0.758. The number of anilines is 1. The van der Waals surface area contributed by atoms with Gasteiger partial charge in [0.2, 0.25) is 0 Å². The number of nitrogens with one attached hydrogen (secondary N) is 1. The Hall–Kier alpha value is -1.65. The van der Waals surface area contributed by atoms with E-state index in [0.717, 1.165) is 30.8 Å². The van der Waals surface area contributed by atoms with E-state index in [0.29, 0.717) is 6.42 Å². The number of aryl methyl sites for hydroxylation is 1. The summed E-state index contributed by atoms with van der Waals surface area (Å²) in [4.78, 5) is 19.0. The van der Waals surface area contributed by atoms with E-state index in [-0.39, 0.29) is 12.5 Å². The first kappa shape index (κ1) is 11.8. The molecule has 2 N–H and O–H groups in total. The number of carboxylic acid groups (broad SMARTS) is 1. The van der Waals surface area contributed by atoms with Gasteiger partial charge in [-0.2, -0.15) is 0 Å². The third-order valence-corrected chi connectivity index (χ3v) is 3.05. The molecular weight excluding hydrogens is 218 g/mol. The van der Waals surface area contributed by atoms with Crippen molar-refractivity contribution in [2.24, 2.45) is 0 Å². The molecule has 0 amide bonds. The number of fused-ring (bicyclic) bond motifs is 1. The van der Waals surface area contributed by atoms with Gasteiger partial charge in [-0.1, -0.05) is 0 Å². The van der Waals surface area contributed by atoms with Gasteiger partial charge in [0.25, 0.3) is 0 Å². The number of carbonyl (C=O) groups is 1. The zero-order chi connectivity index (χ0) is 12.3. The summed E-state index contributed by atoms with van der Waals surface area (Å²) >= 11 is 0. The lowest BCUT2D eigenvalue weighted by Gasteiger charge is -2.15. The van der Waals surface area contributed by atoms with Crippen molar-refractivity contribution in [2.45, 2.75) is 45.1 Å². The highest BCUT2D eigenvalue weighted by molar-refractivity contribution is 5.66. The Balaban J connectivity index is 1.99. The average molecular weight is 235 g/mol. The summed E-state index contributed by atoms with van der Waals surface area (Å²) in [6.07, 6.45) is 5.54. The fourth-order valence-electron chi connectivity index (χ4n) is 2.13. The quantitative estimate of drug-likeness (QED) is 0.811. The molecular formula is C12H17N3O2. The number of nitrogens with zero attached hydrogens (tertiary/aromatic N) is 2. The summed E-state index contributed by atoms with van der Waals surface area (Å²) in [6, 6.07) is 0.116. The van der Waals surface area contributed by atoms with Crippen molar-refractivity contribution in [3.8, 4) is 0 Å². The Morgan fingerprint density at radius 1 is 1.53 bits per heavy atom. The SMILES string of the molecule is CC(CCC(=O)O)Nc1ncnc2c1CCC2. The third-order valence-electron chi connectivity index (χ3n) is 3.05. The number of hydrogen-bond acceptors (Lipinski definition) is 4. The van der Waals surface area contributed by atoms with Crippen LogP contribution in [0.2, 0.25) is 0 Å². The molecule has 1 atom stereocenters. The van der Waals surface area contributed by atoms with Crippen molar-refractivity contribution >= 4 is 11.8 Å². The molecule has 1 aliphatic carbocycles. The lowest BCUT2D eigenvalue weighted by Crippen LogP contribution is -2.18. The lowest BCUT2D eigenvalue weighted by molar-refractivity contribution is -0.137. The predicted molar refractivity (Wildman–Crippen MR) is 64.0 cm³/mol. The average Bonchev–Trinajstić information content (AvgIpc) is 2.75. The van der Waals surface area contributed by atoms with Crippen molar-refractivity contribution < 1.29 is 9.90 Å². The monoisotopic (exact) mass is 235 g/mol. The van der Waals surface area contributed by atoms with Gasteiger partial charge in [-0.15, -0.1) is 0 Å². The summed E-state index contributed by atoms with van der Waals surface area (Å²) < 4.78 is 0. The van der Waals surface area contributed by atoms with Crippen LogP contribution in [0.5, 0.6) is 0 Å². The van der Waals surface area contributed by atoms with E-state index in [1.54, 1.807) is 6.33 Å². The van der Waals surface area contributed by atoms with Crippen molar-refractivity contribution in [1.29, 1.82) is 0 Å². The van der Waals surface area contributed by atoms with E-state index >= 15 is 0 Å². The Morgan fingerprint density at radius 3 is 3.12 bits per heavy atom. The van der Waals surface area contributed by atoms with Crippen molar-refractivity contribution in [1.82, 2.24) is 9.97 Å². The molecule has 0 saturated heterocycles. The van der Waals surface area contributed by atoms with Crippen molar-refractivity contribution in [3.63, 3.8) is 0 Å². The largest absolute Gasteiger partial charge is 0.481 e. The maximum Gasteiger partial charge on any atom is 0.303 e. The highest BCUT2D eigenvalue weighted by Gasteiger charge is 2.18. The topological polar surface area (TPSA) is 75.1 Å². The Labute approximate surface area is 100 Å². The molecule has 5 heteroatoms. The van der Waals surface area contributed by atoms with Gasteiger partial charge >= 0.3 is 5.97 Å².